The Morgan fingerprint density at radius 1 is 0.204 bits per heavy atom. The second-order valence-electron chi connectivity index (χ2n) is 27.6. The molecule has 15 aromatic rings. The van der Waals surface area contributed by atoms with E-state index in [0.29, 0.717) is 0 Å². The van der Waals surface area contributed by atoms with Crippen LogP contribution in [0.25, 0.3) is 110 Å². The Hall–Kier alpha value is -11.1. The summed E-state index contributed by atoms with van der Waals surface area (Å²) in [6, 6.07) is 115. The molecule has 0 atom stereocenters. The van der Waals surface area contributed by atoms with Gasteiger partial charge in [0.05, 0.1) is 0 Å². The standard InChI is InChI=1S/C91H68N2/c1-89(2)81-34-19-17-31-71(81)73-46-39-60(52-83(73)89)86-77-51-45-66(93(63-27-11-8-12-28-63)67-43-49-74-72-32-18-20-35-82(72)90(3,4)85(74)56-67)55-80(77)87(61-40-47-75-78-48-38-58-23-14-16-30-70(58)88(78)91(5,6)84(75)53-61)76-50-44-65(54-79(76)86)92(62-25-9-7-10-26-62)64-41-36-59(37-42-64)69-33-21-24-57-22-13-15-29-68(57)69/h7-56H,1-6H3. The maximum atomic E-state index is 2.55. The van der Waals surface area contributed by atoms with Crippen LogP contribution in [0.2, 0.25) is 0 Å². The fourth-order valence-electron chi connectivity index (χ4n) is 16.9. The van der Waals surface area contributed by atoms with Crippen molar-refractivity contribution in [1.82, 2.24) is 0 Å². The van der Waals surface area contributed by atoms with Gasteiger partial charge in [0.1, 0.15) is 0 Å². The molecule has 0 N–H and O–H groups in total. The van der Waals surface area contributed by atoms with Crippen molar-refractivity contribution in [2.45, 2.75) is 57.8 Å². The van der Waals surface area contributed by atoms with Crippen molar-refractivity contribution in [3.05, 3.63) is 337 Å². The minimum atomic E-state index is -0.273. The molecule has 93 heavy (non-hydrogen) atoms. The highest BCUT2D eigenvalue weighted by atomic mass is 15.1. The summed E-state index contributed by atoms with van der Waals surface area (Å²) >= 11 is 0. The molecule has 15 aromatic carbocycles. The SMILES string of the molecule is CC1(C)c2ccccc2-c2ccc(-c3c4ccc(N(c5ccccc5)c5ccc6c(c5)C(C)(C)c5ccccc5-6)cc4c(-c4ccc5c(c4)C(C)(C)c4c-5ccc5ccccc45)c4ccc(N(c5ccccc5)c5ccc(-c6cccc7ccccc67)cc5)cc34)cc21. The number of anilines is 6. The number of fused-ring (bicyclic) bond motifs is 14. The quantitative estimate of drug-likeness (QED) is 0.133. The van der Waals surface area contributed by atoms with Crippen LogP contribution in [-0.2, 0) is 16.2 Å². The van der Waals surface area contributed by atoms with Gasteiger partial charge >= 0.3 is 0 Å². The van der Waals surface area contributed by atoms with Crippen LogP contribution in [0.4, 0.5) is 34.1 Å². The molecule has 0 amide bonds. The van der Waals surface area contributed by atoms with E-state index in [0.717, 1.165) is 34.1 Å². The molecule has 0 saturated carbocycles. The summed E-state index contributed by atoms with van der Waals surface area (Å²) < 4.78 is 0. The molecular weight excluding hydrogens is 1120 g/mol. The van der Waals surface area contributed by atoms with E-state index in [2.05, 4.69) is 355 Å². The van der Waals surface area contributed by atoms with Crippen LogP contribution in [0.15, 0.2) is 303 Å². The third-order valence-corrected chi connectivity index (χ3v) is 21.4. The Bertz CT molecular complexity index is 5590. The molecule has 0 spiro atoms. The van der Waals surface area contributed by atoms with Crippen molar-refractivity contribution in [1.29, 1.82) is 0 Å². The molecule has 2 nitrogen and oxygen atoms in total. The van der Waals surface area contributed by atoms with Crippen LogP contribution in [0.1, 0.15) is 74.9 Å². The highest BCUT2D eigenvalue weighted by molar-refractivity contribution is 6.23. The van der Waals surface area contributed by atoms with Crippen LogP contribution >= 0.6 is 0 Å². The number of rotatable bonds is 9. The van der Waals surface area contributed by atoms with Crippen LogP contribution in [0.3, 0.4) is 0 Å². The topological polar surface area (TPSA) is 6.48 Å². The lowest BCUT2D eigenvalue weighted by molar-refractivity contribution is 0.660. The van der Waals surface area contributed by atoms with Gasteiger partial charge in [-0.05, 0) is 228 Å². The zero-order valence-corrected chi connectivity index (χ0v) is 53.3. The second kappa shape index (κ2) is 20.5. The zero-order chi connectivity index (χ0) is 62.5. The first-order valence-electron chi connectivity index (χ1n) is 32.9. The molecule has 18 rings (SSSR count). The molecule has 3 aliphatic carbocycles. The Morgan fingerprint density at radius 3 is 1.17 bits per heavy atom. The lowest BCUT2D eigenvalue weighted by Crippen LogP contribution is -2.16. The van der Waals surface area contributed by atoms with Crippen molar-refractivity contribution >= 4 is 77.2 Å². The summed E-state index contributed by atoms with van der Waals surface area (Å²) in [6.07, 6.45) is 0. The minimum absolute atomic E-state index is 0.177. The van der Waals surface area contributed by atoms with E-state index in [-0.39, 0.29) is 16.2 Å². The predicted molar refractivity (Wildman–Crippen MR) is 395 cm³/mol. The molecule has 0 aliphatic heterocycles. The van der Waals surface area contributed by atoms with Gasteiger partial charge in [0.25, 0.3) is 0 Å². The van der Waals surface area contributed by atoms with E-state index in [4.69, 9.17) is 0 Å². The van der Waals surface area contributed by atoms with Crippen molar-refractivity contribution in [2.75, 3.05) is 9.80 Å². The van der Waals surface area contributed by atoms with Gasteiger partial charge in [-0.1, -0.05) is 260 Å². The van der Waals surface area contributed by atoms with Gasteiger partial charge in [-0.2, -0.15) is 0 Å². The van der Waals surface area contributed by atoms with E-state index in [1.807, 2.05) is 0 Å². The van der Waals surface area contributed by atoms with Crippen molar-refractivity contribution in [2.24, 2.45) is 0 Å². The summed E-state index contributed by atoms with van der Waals surface area (Å²) in [4.78, 5) is 4.93. The average Bonchev–Trinajstić information content (AvgIpc) is 1.54. The number of hydrogen-bond donors (Lipinski definition) is 0. The Labute approximate surface area is 545 Å². The van der Waals surface area contributed by atoms with Gasteiger partial charge < -0.3 is 9.80 Å². The predicted octanol–water partition coefficient (Wildman–Crippen LogP) is 25.2. The summed E-state index contributed by atoms with van der Waals surface area (Å²) in [5.41, 5.74) is 29.2. The van der Waals surface area contributed by atoms with Gasteiger partial charge in [-0.25, -0.2) is 0 Å². The van der Waals surface area contributed by atoms with E-state index in [9.17, 15) is 0 Å². The minimum Gasteiger partial charge on any atom is -0.310 e. The molecule has 442 valence electrons. The smallest absolute Gasteiger partial charge is 0.0468 e. The summed E-state index contributed by atoms with van der Waals surface area (Å²) in [6.45, 7) is 14.4. The molecule has 0 heterocycles. The van der Waals surface area contributed by atoms with Crippen LogP contribution in [-0.4, -0.2) is 0 Å². The van der Waals surface area contributed by atoms with Crippen LogP contribution in [0.5, 0.6) is 0 Å². The number of benzene rings is 15. The van der Waals surface area contributed by atoms with Gasteiger partial charge in [-0.3, -0.25) is 0 Å². The van der Waals surface area contributed by atoms with Crippen LogP contribution < -0.4 is 9.80 Å². The molecule has 0 fully saturated rings. The molecule has 0 unspecified atom stereocenters. The fraction of sp³-hybridized carbons (Fsp3) is 0.0989. The Kier molecular flexibility index (Phi) is 12.1. The third-order valence-electron chi connectivity index (χ3n) is 21.4. The molecule has 2 heteroatoms. The maximum Gasteiger partial charge on any atom is 0.0468 e. The lowest BCUT2D eigenvalue weighted by Gasteiger charge is -2.29. The molecule has 3 aliphatic rings. The first-order valence-corrected chi connectivity index (χ1v) is 32.9. The molecule has 0 bridgehead atoms. The molecule has 0 saturated heterocycles. The van der Waals surface area contributed by atoms with Crippen molar-refractivity contribution in [3.8, 4) is 66.8 Å². The van der Waals surface area contributed by atoms with E-state index in [1.165, 1.54) is 143 Å². The lowest BCUT2D eigenvalue weighted by atomic mass is 9.78. The first-order chi connectivity index (χ1) is 45.4. The van der Waals surface area contributed by atoms with Crippen molar-refractivity contribution < 1.29 is 0 Å². The first kappa shape index (κ1) is 54.8. The number of nitrogens with zero attached hydrogens (tertiary/aromatic N) is 2. The maximum absolute atomic E-state index is 2.55. The van der Waals surface area contributed by atoms with Gasteiger partial charge in [-0.15, -0.1) is 0 Å². The summed E-state index contributed by atoms with van der Waals surface area (Å²) in [5, 5.41) is 9.87. The van der Waals surface area contributed by atoms with E-state index >= 15 is 0 Å². The molecule has 0 aromatic heterocycles. The monoisotopic (exact) mass is 1190 g/mol. The van der Waals surface area contributed by atoms with E-state index in [1.54, 1.807) is 0 Å². The fourth-order valence-corrected chi connectivity index (χ4v) is 16.9. The van der Waals surface area contributed by atoms with Gasteiger partial charge in [0.15, 0.2) is 0 Å². The van der Waals surface area contributed by atoms with E-state index < -0.39 is 0 Å². The second-order valence-corrected chi connectivity index (χ2v) is 27.6. The largest absolute Gasteiger partial charge is 0.310 e. The Morgan fingerprint density at radius 2 is 0.581 bits per heavy atom. The average molecular weight is 1190 g/mol. The number of hydrogen-bond acceptors (Lipinski definition) is 2. The highest BCUT2D eigenvalue weighted by Crippen LogP contribution is 2.57. The molecular formula is C91H68N2. The molecule has 0 radical (unpaired) electrons. The third kappa shape index (κ3) is 8.27. The van der Waals surface area contributed by atoms with Gasteiger partial charge in [0, 0.05) is 50.4 Å². The van der Waals surface area contributed by atoms with Gasteiger partial charge in [0.2, 0.25) is 0 Å². The summed E-state index contributed by atoms with van der Waals surface area (Å²) in [7, 11) is 0. The highest BCUT2D eigenvalue weighted by Gasteiger charge is 2.40. The normalized spacial score (nSPS) is 14.2. The number of para-hydroxylation sites is 2. The van der Waals surface area contributed by atoms with Crippen molar-refractivity contribution in [3.63, 3.8) is 0 Å². The van der Waals surface area contributed by atoms with Crippen LogP contribution in [0, 0.1) is 0 Å². The zero-order valence-electron chi connectivity index (χ0n) is 53.3. The Balaban J connectivity index is 0.914. The summed E-state index contributed by atoms with van der Waals surface area (Å²) in [5.74, 6) is 0.